The Balaban J connectivity index is 0.000000201. The van der Waals surface area contributed by atoms with E-state index >= 15 is 0 Å². The largest absolute Gasteiger partial charge is 0.464 e. The lowest BCUT2D eigenvalue weighted by Gasteiger charge is -2.32. The summed E-state index contributed by atoms with van der Waals surface area (Å²) < 4.78 is 40.8. The Kier molecular flexibility index (Phi) is 15.1. The molecule has 2 aromatic heterocycles. The molecule has 0 unspecified atom stereocenters. The van der Waals surface area contributed by atoms with Gasteiger partial charge in [0, 0.05) is 60.1 Å². The highest BCUT2D eigenvalue weighted by Crippen LogP contribution is 2.27. The van der Waals surface area contributed by atoms with Crippen LogP contribution < -0.4 is 0 Å². The fraction of sp³-hybridized carbons (Fsp3) is 0.277. The Morgan fingerprint density at radius 1 is 0.734 bits per heavy atom. The van der Waals surface area contributed by atoms with Crippen LogP contribution >= 0.6 is 15.9 Å². The molecule has 0 radical (unpaired) electrons. The van der Waals surface area contributed by atoms with E-state index in [9.17, 15) is 38.2 Å². The maximum absolute atomic E-state index is 13.9. The van der Waals surface area contributed by atoms with E-state index in [4.69, 9.17) is 15.9 Å². The lowest BCUT2D eigenvalue weighted by Crippen LogP contribution is -2.51. The van der Waals surface area contributed by atoms with Gasteiger partial charge in [-0.3, -0.25) is 9.59 Å². The van der Waals surface area contributed by atoms with Gasteiger partial charge in [-0.1, -0.05) is 53.3 Å². The number of carbonyl (C=O) groups is 4. The zero-order valence-corrected chi connectivity index (χ0v) is 36.1. The van der Waals surface area contributed by atoms with Crippen LogP contribution in [0.15, 0.2) is 89.4 Å². The fourth-order valence-corrected chi connectivity index (χ4v) is 7.39. The molecule has 2 fully saturated rings. The first kappa shape index (κ1) is 48.1. The van der Waals surface area contributed by atoms with Crippen molar-refractivity contribution in [3.8, 4) is 35.6 Å². The van der Waals surface area contributed by atoms with Gasteiger partial charge in [-0.2, -0.15) is 10.2 Å². The molecule has 2 atom stereocenters. The lowest BCUT2D eigenvalue weighted by atomic mass is 9.92. The van der Waals surface area contributed by atoms with E-state index in [2.05, 4.69) is 43.9 Å². The predicted molar refractivity (Wildman–Crippen MR) is 239 cm³/mol. The summed E-state index contributed by atoms with van der Waals surface area (Å²) in [6, 6.07) is 22.4. The third-order valence-electron chi connectivity index (χ3n) is 10.3. The summed E-state index contributed by atoms with van der Waals surface area (Å²) >= 11 is 3.38. The molecule has 0 bridgehead atoms. The fourth-order valence-electron chi connectivity index (χ4n) is 7.01. The zero-order valence-electron chi connectivity index (χ0n) is 34.6. The second kappa shape index (κ2) is 20.1. The number of nitrogens with zero attached hydrogens (tertiary/aromatic N) is 6. The van der Waals surface area contributed by atoms with Gasteiger partial charge < -0.3 is 29.5 Å². The normalized spacial score (nSPS) is 18.0. The van der Waals surface area contributed by atoms with E-state index in [1.54, 1.807) is 38.4 Å². The molecule has 17 heteroatoms. The molecule has 2 saturated heterocycles. The third kappa shape index (κ3) is 10.1. The van der Waals surface area contributed by atoms with Crippen LogP contribution in [0, 0.1) is 35.8 Å². The Morgan fingerprint density at radius 3 is 1.67 bits per heavy atom. The van der Waals surface area contributed by atoms with Gasteiger partial charge in [0.25, 0.3) is 11.8 Å². The number of amides is 2. The Bertz CT molecular complexity index is 2860. The van der Waals surface area contributed by atoms with Gasteiger partial charge in [0.1, 0.15) is 11.6 Å². The number of esters is 2. The number of rotatable bonds is 4. The van der Waals surface area contributed by atoms with Crippen LogP contribution in [0.3, 0.4) is 0 Å². The Morgan fingerprint density at radius 2 is 1.20 bits per heavy atom. The summed E-state index contributed by atoms with van der Waals surface area (Å²) in [5.74, 6) is 4.87. The number of terminal acetylenes is 1. The molecule has 8 rings (SSSR count). The van der Waals surface area contributed by atoms with Crippen LogP contribution in [0.1, 0.15) is 59.7 Å². The van der Waals surface area contributed by atoms with E-state index in [0.717, 1.165) is 16.6 Å². The van der Waals surface area contributed by atoms with E-state index in [-0.39, 0.29) is 31.1 Å². The molecule has 64 heavy (non-hydrogen) atoms. The first-order valence-electron chi connectivity index (χ1n) is 19.4. The number of fused-ring (bicyclic) bond motifs is 2. The molecular formula is C47H45BrF2N6O8. The van der Waals surface area contributed by atoms with Crippen molar-refractivity contribution in [1.29, 1.82) is 0 Å². The quantitative estimate of drug-likeness (QED) is 0.153. The molecular weight excluding hydrogens is 894 g/mol. The maximum Gasteiger partial charge on any atom is 0.359 e. The minimum absolute atomic E-state index is 0. The van der Waals surface area contributed by atoms with Crippen molar-refractivity contribution in [3.63, 3.8) is 0 Å². The molecule has 2 aliphatic rings. The molecule has 0 saturated carbocycles. The van der Waals surface area contributed by atoms with Crippen LogP contribution in [0.2, 0.25) is 0 Å². The highest BCUT2D eigenvalue weighted by Gasteiger charge is 2.40. The van der Waals surface area contributed by atoms with E-state index in [0.29, 0.717) is 59.0 Å². The average molecular weight is 940 g/mol. The van der Waals surface area contributed by atoms with Crippen molar-refractivity contribution in [2.45, 2.75) is 44.3 Å². The van der Waals surface area contributed by atoms with Crippen LogP contribution in [-0.2, 0) is 19.1 Å². The molecule has 14 nitrogen and oxygen atoms in total. The number of aromatic nitrogens is 4. The predicted octanol–water partition coefficient (Wildman–Crippen LogP) is 6.24. The molecule has 332 valence electrons. The number of methoxy groups -OCH3 is 2. The van der Waals surface area contributed by atoms with Gasteiger partial charge in [0.05, 0.1) is 36.6 Å². The highest BCUT2D eigenvalue weighted by atomic mass is 79.9. The van der Waals surface area contributed by atoms with Crippen LogP contribution in [0.5, 0.6) is 0 Å². The van der Waals surface area contributed by atoms with Gasteiger partial charge in [0.15, 0.2) is 11.4 Å². The first-order valence-corrected chi connectivity index (χ1v) is 20.2. The third-order valence-corrected chi connectivity index (χ3v) is 10.8. The first-order chi connectivity index (χ1) is 30.0. The Labute approximate surface area is 376 Å². The molecule has 0 spiro atoms. The number of benzene rings is 4. The summed E-state index contributed by atoms with van der Waals surface area (Å²) in [5, 5.41) is 29.7. The van der Waals surface area contributed by atoms with Crippen molar-refractivity contribution in [3.05, 3.63) is 118 Å². The van der Waals surface area contributed by atoms with Gasteiger partial charge >= 0.3 is 11.9 Å². The standard InChI is InChI=1S/C23H20FN3O4.C15H10BrFN2O2.C8H11NO2.CH4/c1-26-12-4-10-23(30,22(26)29)11-9-15-5-3-6-17(13-15)27-19-14-16(24)7-8-18(19)20(25-27)21(28)31-2;1-21-15(20)14-12-6-5-10(17)8-13(12)19(18-14)11-4-2-3-9(16)7-11;1-3-8(11)5-4-6-9(2)7(8)10;/h3,5-8,13-14,30H,4,10,12H2,1-2H3;2-8H,1H3;1,11H,4-6H2,2H3;1H4/t23-;;8-;/m1.0./s1. The van der Waals surface area contributed by atoms with Crippen LogP contribution in [0.25, 0.3) is 33.2 Å². The number of likely N-dealkylation sites (N-methyl/N-ethyl adjacent to an activating group) is 2. The molecule has 4 heterocycles. The van der Waals surface area contributed by atoms with Gasteiger partial charge in [-0.25, -0.2) is 27.7 Å². The Hall–Kier alpha value is -6.92. The minimum Gasteiger partial charge on any atom is -0.464 e. The number of likely N-dealkylation sites (tertiary alicyclic amines) is 2. The van der Waals surface area contributed by atoms with E-state index in [1.807, 2.05) is 24.3 Å². The number of hydrogen-bond acceptors (Lipinski definition) is 10. The summed E-state index contributed by atoms with van der Waals surface area (Å²) in [6.45, 7) is 1.27. The SMILES string of the molecule is C.C#C[C@]1(O)CCCN(C)C1=O.COC(=O)c1nn(-c2cccc(Br)c2)c2cc(F)ccc12.COC(=O)c1nn(-c2cccc(C#C[C@]3(O)CCCN(C)C3=O)c2)c2cc(F)ccc12. The van der Waals surface area contributed by atoms with Gasteiger partial charge in [0.2, 0.25) is 11.2 Å². The molecule has 2 aliphatic heterocycles. The molecule has 2 amide bonds. The molecule has 6 aromatic rings. The monoisotopic (exact) mass is 938 g/mol. The molecule has 4 aromatic carbocycles. The van der Waals surface area contributed by atoms with Crippen molar-refractivity contribution >= 4 is 61.5 Å². The zero-order chi connectivity index (χ0) is 45.6. The topological polar surface area (TPSA) is 169 Å². The minimum atomic E-state index is -1.72. The maximum atomic E-state index is 13.9. The number of piperidine rings is 2. The smallest absolute Gasteiger partial charge is 0.359 e. The molecule has 2 N–H and O–H groups in total. The second-order valence-corrected chi connectivity index (χ2v) is 15.5. The van der Waals surface area contributed by atoms with Crippen molar-refractivity contribution in [1.82, 2.24) is 29.4 Å². The molecule has 0 aliphatic carbocycles. The van der Waals surface area contributed by atoms with Gasteiger partial charge in [-0.15, -0.1) is 6.42 Å². The number of ether oxygens (including phenoxy) is 2. The second-order valence-electron chi connectivity index (χ2n) is 14.6. The van der Waals surface area contributed by atoms with Crippen LogP contribution in [-0.4, -0.2) is 116 Å². The number of aliphatic hydroxyl groups is 2. The van der Waals surface area contributed by atoms with Crippen molar-refractivity contribution < 1.29 is 47.6 Å². The summed E-state index contributed by atoms with van der Waals surface area (Å²) in [7, 11) is 5.82. The average Bonchev–Trinajstić information content (AvgIpc) is 3.85. The van der Waals surface area contributed by atoms with Gasteiger partial charge in [-0.05, 0) is 86.3 Å². The van der Waals surface area contributed by atoms with E-state index in [1.165, 1.54) is 69.8 Å². The van der Waals surface area contributed by atoms with E-state index < -0.39 is 40.7 Å². The number of hydrogen-bond donors (Lipinski definition) is 2. The van der Waals surface area contributed by atoms with Crippen molar-refractivity contribution in [2.24, 2.45) is 0 Å². The highest BCUT2D eigenvalue weighted by molar-refractivity contribution is 9.10. The number of carbonyl (C=O) groups excluding carboxylic acids is 4. The number of halogens is 3. The van der Waals surface area contributed by atoms with Crippen LogP contribution in [0.4, 0.5) is 8.78 Å². The summed E-state index contributed by atoms with van der Waals surface area (Å²) in [5.41, 5.74) is -0.331. The van der Waals surface area contributed by atoms with Crippen molar-refractivity contribution in [2.75, 3.05) is 41.4 Å². The lowest BCUT2D eigenvalue weighted by molar-refractivity contribution is -0.149. The summed E-state index contributed by atoms with van der Waals surface area (Å²) in [6.07, 6.45) is 7.12. The summed E-state index contributed by atoms with van der Waals surface area (Å²) in [4.78, 5) is 50.4.